The lowest BCUT2D eigenvalue weighted by atomic mass is 10.1. The van der Waals surface area contributed by atoms with Crippen molar-refractivity contribution >= 4 is 66.4 Å². The molecule has 1 rings (SSSR count). The van der Waals surface area contributed by atoms with E-state index in [0.717, 1.165) is 0 Å². The Morgan fingerprint density at radius 3 is 1.42 bits per heavy atom. The van der Waals surface area contributed by atoms with Gasteiger partial charge in [0.2, 0.25) is 11.8 Å². The first-order valence-electron chi connectivity index (χ1n) is 7.29. The summed E-state index contributed by atoms with van der Waals surface area (Å²) < 4.78 is -1.13. The van der Waals surface area contributed by atoms with Crippen LogP contribution in [0.2, 0.25) is 0 Å². The van der Waals surface area contributed by atoms with Crippen LogP contribution in [0.1, 0.15) is 27.7 Å². The number of nitrogens with one attached hydrogen (secondary N) is 2. The van der Waals surface area contributed by atoms with Gasteiger partial charge < -0.3 is 10.6 Å². The maximum absolute atomic E-state index is 12.5. The average Bonchev–Trinajstić information content (AvgIpc) is 2.48. The van der Waals surface area contributed by atoms with Crippen molar-refractivity contribution in [2.24, 2.45) is 0 Å². The molecule has 8 heteroatoms. The zero-order chi connectivity index (χ0) is 18.4. The first-order chi connectivity index (χ1) is 11.1. The predicted octanol–water partition coefficient (Wildman–Crippen LogP) is 5.14. The fourth-order valence-corrected chi connectivity index (χ4v) is 5.78. The molecule has 0 heterocycles. The molecule has 1 aromatic rings. The van der Waals surface area contributed by atoms with E-state index in [9.17, 15) is 9.59 Å². The topological polar surface area (TPSA) is 58.2 Å². The number of benzene rings is 1. The van der Waals surface area contributed by atoms with Crippen LogP contribution in [0.5, 0.6) is 0 Å². The lowest BCUT2D eigenvalue weighted by Gasteiger charge is -2.24. The summed E-state index contributed by atoms with van der Waals surface area (Å²) in [4.78, 5) is 25.0. The second-order valence-corrected chi connectivity index (χ2v) is 12.0. The molecule has 0 atom stereocenters. The van der Waals surface area contributed by atoms with Crippen LogP contribution in [0.15, 0.2) is 24.3 Å². The second kappa shape index (κ2) is 9.31. The number of hydrogen-bond acceptors (Lipinski definition) is 6. The number of hydrogen-bond donors (Lipinski definition) is 2. The molecule has 0 saturated carbocycles. The molecule has 4 nitrogen and oxygen atoms in total. The van der Waals surface area contributed by atoms with E-state index in [1.807, 2.05) is 52.3 Å². The molecule has 0 unspecified atom stereocenters. The third-order valence-electron chi connectivity index (χ3n) is 3.10. The zero-order valence-electron chi connectivity index (χ0n) is 14.8. The van der Waals surface area contributed by atoms with Gasteiger partial charge in [-0.05, 0) is 52.3 Å². The van der Waals surface area contributed by atoms with Gasteiger partial charge in [0, 0.05) is 0 Å². The Morgan fingerprint density at radius 1 is 0.792 bits per heavy atom. The molecule has 2 amide bonds. The van der Waals surface area contributed by atoms with E-state index >= 15 is 0 Å². The Hall–Kier alpha value is -0.440. The summed E-state index contributed by atoms with van der Waals surface area (Å²) in [5, 5.41) is 5.85. The maximum atomic E-state index is 12.5. The summed E-state index contributed by atoms with van der Waals surface area (Å²) in [6.07, 6.45) is 3.89. The number of carbonyl (C=O) groups is 2. The van der Waals surface area contributed by atoms with E-state index in [2.05, 4.69) is 10.6 Å². The molecule has 24 heavy (non-hydrogen) atoms. The smallest absolute Gasteiger partial charge is 0.240 e. The zero-order valence-corrected chi connectivity index (χ0v) is 18.0. The molecule has 0 aliphatic carbocycles. The summed E-state index contributed by atoms with van der Waals surface area (Å²) in [7, 11) is 6.11. The fraction of sp³-hybridized carbons (Fsp3) is 0.500. The third-order valence-corrected chi connectivity index (χ3v) is 8.14. The Kier molecular flexibility index (Phi) is 8.38. The highest BCUT2D eigenvalue weighted by atomic mass is 33.1. The van der Waals surface area contributed by atoms with Crippen LogP contribution in [-0.2, 0) is 9.59 Å². The maximum Gasteiger partial charge on any atom is 0.240 e. The highest BCUT2D eigenvalue weighted by Crippen LogP contribution is 2.37. The molecule has 0 aromatic heterocycles. The van der Waals surface area contributed by atoms with Gasteiger partial charge in [0.15, 0.2) is 0 Å². The van der Waals surface area contributed by atoms with Gasteiger partial charge in [-0.25, -0.2) is 0 Å². The van der Waals surface area contributed by atoms with Gasteiger partial charge in [-0.2, -0.15) is 0 Å². The first kappa shape index (κ1) is 21.6. The van der Waals surface area contributed by atoms with Crippen LogP contribution < -0.4 is 10.6 Å². The summed E-state index contributed by atoms with van der Waals surface area (Å²) in [5.74, 6) is -0.192. The highest BCUT2D eigenvalue weighted by Gasteiger charge is 2.31. The van der Waals surface area contributed by atoms with Crippen molar-refractivity contribution < 1.29 is 9.59 Å². The average molecular weight is 405 g/mol. The Bertz CT molecular complexity index is 540. The second-order valence-electron chi connectivity index (χ2n) is 5.97. The summed E-state index contributed by atoms with van der Waals surface area (Å²) in [5.41, 5.74) is 1.21. The molecular weight excluding hydrogens is 380 g/mol. The Labute approximate surface area is 160 Å². The van der Waals surface area contributed by atoms with Crippen molar-refractivity contribution in [3.63, 3.8) is 0 Å². The van der Waals surface area contributed by atoms with Crippen LogP contribution in [0.4, 0.5) is 11.4 Å². The van der Waals surface area contributed by atoms with Crippen molar-refractivity contribution in [2.75, 3.05) is 23.1 Å². The van der Waals surface area contributed by atoms with Crippen molar-refractivity contribution in [2.45, 2.75) is 37.2 Å². The normalized spacial score (nSPS) is 11.9. The fourth-order valence-electron chi connectivity index (χ4n) is 1.74. The number of carbonyl (C=O) groups excluding carboxylic acids is 2. The minimum absolute atomic E-state index is 0.0960. The van der Waals surface area contributed by atoms with E-state index < -0.39 is 9.49 Å². The van der Waals surface area contributed by atoms with Gasteiger partial charge in [0.25, 0.3) is 0 Å². The van der Waals surface area contributed by atoms with Gasteiger partial charge in [0.1, 0.15) is 0 Å². The summed E-state index contributed by atoms with van der Waals surface area (Å²) in [6.45, 7) is 7.51. The number of rotatable bonds is 8. The Morgan fingerprint density at radius 2 is 1.12 bits per heavy atom. The minimum atomic E-state index is -0.565. The molecule has 0 bridgehead atoms. The third kappa shape index (κ3) is 6.13. The summed E-state index contributed by atoms with van der Waals surface area (Å²) in [6, 6.07) is 7.26. The van der Waals surface area contributed by atoms with Crippen molar-refractivity contribution in [3.8, 4) is 0 Å². The van der Waals surface area contributed by atoms with Gasteiger partial charge in [-0.15, -0.1) is 0 Å². The van der Waals surface area contributed by atoms with Gasteiger partial charge >= 0.3 is 0 Å². The van der Waals surface area contributed by atoms with Crippen molar-refractivity contribution in [1.82, 2.24) is 0 Å². The van der Waals surface area contributed by atoms with Crippen LogP contribution in [0.25, 0.3) is 0 Å². The highest BCUT2D eigenvalue weighted by molar-refractivity contribution is 8.77. The first-order valence-corrected chi connectivity index (χ1v) is 12.4. The lowest BCUT2D eigenvalue weighted by Crippen LogP contribution is -2.35. The molecule has 0 radical (unpaired) electrons. The molecule has 1 aromatic carbocycles. The SMILES string of the molecule is CSSC(C)(C)C(=O)Nc1ccccc1NC(=O)C(C)(C)SSC. The quantitative estimate of drug-likeness (QED) is 0.585. The van der Waals surface area contributed by atoms with E-state index in [0.29, 0.717) is 11.4 Å². The lowest BCUT2D eigenvalue weighted by molar-refractivity contribution is -0.118. The summed E-state index contributed by atoms with van der Waals surface area (Å²) >= 11 is 0. The standard InChI is InChI=1S/C16H24N2O2S4/c1-15(2,23-21-5)13(19)17-11-9-7-8-10-12(11)18-14(20)16(3,4)24-22-6/h7-10H,1-6H3,(H,17,19)(H,18,20). The van der Waals surface area contributed by atoms with Crippen molar-refractivity contribution in [1.29, 1.82) is 0 Å². The Balaban J connectivity index is 2.93. The van der Waals surface area contributed by atoms with Gasteiger partial charge in [-0.1, -0.05) is 55.3 Å². The minimum Gasteiger partial charge on any atom is -0.323 e. The monoisotopic (exact) mass is 404 g/mol. The molecule has 0 spiro atoms. The largest absolute Gasteiger partial charge is 0.323 e. The van der Waals surface area contributed by atoms with Crippen molar-refractivity contribution in [3.05, 3.63) is 24.3 Å². The molecule has 0 aliphatic rings. The van der Waals surface area contributed by atoms with E-state index in [1.54, 1.807) is 33.7 Å². The van der Waals surface area contributed by atoms with E-state index in [4.69, 9.17) is 0 Å². The van der Waals surface area contributed by atoms with E-state index in [-0.39, 0.29) is 11.8 Å². The van der Waals surface area contributed by atoms with Crippen LogP contribution in [-0.4, -0.2) is 33.8 Å². The molecule has 2 N–H and O–H groups in total. The van der Waals surface area contributed by atoms with E-state index in [1.165, 1.54) is 21.6 Å². The molecule has 0 fully saturated rings. The predicted molar refractivity (Wildman–Crippen MR) is 114 cm³/mol. The number of amides is 2. The van der Waals surface area contributed by atoms with Crippen LogP contribution >= 0.6 is 43.2 Å². The van der Waals surface area contributed by atoms with Gasteiger partial charge in [0.05, 0.1) is 20.9 Å². The number of para-hydroxylation sites is 2. The molecule has 134 valence electrons. The number of anilines is 2. The molecule has 0 aliphatic heterocycles. The van der Waals surface area contributed by atoms with Gasteiger partial charge in [-0.3, -0.25) is 9.59 Å². The molecular formula is C16H24N2O2S4. The van der Waals surface area contributed by atoms with Crippen LogP contribution in [0.3, 0.4) is 0 Å². The van der Waals surface area contributed by atoms with Crippen LogP contribution in [0, 0.1) is 0 Å². The molecule has 0 saturated heterocycles.